The molecule has 0 aliphatic carbocycles. The minimum Gasteiger partial charge on any atom is -0.434 e. The maximum atomic E-state index is 12.8. The molecule has 1 heterocycles. The van der Waals surface area contributed by atoms with Crippen molar-refractivity contribution >= 4 is 37.5 Å². The molecule has 14 heteroatoms. The third-order valence-corrected chi connectivity index (χ3v) is 3.87. The SMILES string of the molecule is [B]C1CN(C(C)(C)C)CC([B])([B])N1C(=O)OC([B])(C(F)(F)F)C(F)(F)F. The van der Waals surface area contributed by atoms with Crippen LogP contribution in [0.1, 0.15) is 20.8 Å². The van der Waals surface area contributed by atoms with Crippen LogP contribution < -0.4 is 0 Å². The molecule has 0 aromatic carbocycles. The smallest absolute Gasteiger partial charge is 0.427 e. The molecule has 1 aliphatic rings. The fraction of sp³-hybridized carbons (Fsp3) is 0.917. The summed E-state index contributed by atoms with van der Waals surface area (Å²) in [6.07, 6.45) is -14.4. The third kappa shape index (κ3) is 4.31. The maximum absolute atomic E-state index is 12.8. The molecule has 1 fully saturated rings. The van der Waals surface area contributed by atoms with E-state index < -0.39 is 40.8 Å². The van der Waals surface area contributed by atoms with Gasteiger partial charge in [-0.15, -0.1) is 0 Å². The summed E-state index contributed by atoms with van der Waals surface area (Å²) < 4.78 is 80.3. The summed E-state index contributed by atoms with van der Waals surface area (Å²) in [6, 6.07) is 0. The first kappa shape index (κ1) is 23.1. The number of nitrogens with zero attached hydrogens (tertiary/aromatic N) is 2. The molecule has 0 aromatic rings. The van der Waals surface area contributed by atoms with Gasteiger partial charge in [-0.1, -0.05) is 0 Å². The third-order valence-electron chi connectivity index (χ3n) is 3.87. The molecule has 0 spiro atoms. The van der Waals surface area contributed by atoms with Crippen LogP contribution in [0.4, 0.5) is 31.1 Å². The highest BCUT2D eigenvalue weighted by atomic mass is 19.4. The number of hydrogen-bond acceptors (Lipinski definition) is 3. The Morgan fingerprint density at radius 3 is 1.81 bits per heavy atom. The van der Waals surface area contributed by atoms with E-state index in [-0.39, 0.29) is 18.0 Å². The zero-order valence-corrected chi connectivity index (χ0v) is 14.3. The number of amides is 1. The minimum absolute atomic E-state index is 0.121. The van der Waals surface area contributed by atoms with Crippen LogP contribution in [0.25, 0.3) is 0 Å². The van der Waals surface area contributed by atoms with Gasteiger partial charge in [-0.05, 0) is 26.1 Å². The quantitative estimate of drug-likeness (QED) is 0.507. The minimum atomic E-state index is -6.13. The van der Waals surface area contributed by atoms with E-state index in [0.29, 0.717) is 0 Å². The molecule has 1 rings (SSSR count). The Morgan fingerprint density at radius 1 is 1.08 bits per heavy atom. The molecule has 1 aliphatic heterocycles. The summed E-state index contributed by atoms with van der Waals surface area (Å²) in [5.41, 5.74) is -5.78. The highest BCUT2D eigenvalue weighted by Crippen LogP contribution is 2.44. The number of hydrogen-bond donors (Lipinski definition) is 0. The van der Waals surface area contributed by atoms with Gasteiger partial charge in [0.25, 0.3) is 5.50 Å². The maximum Gasteiger partial charge on any atom is 0.427 e. The normalized spacial score (nSPS) is 23.0. The molecule has 1 saturated heterocycles. The van der Waals surface area contributed by atoms with Crippen LogP contribution in [0.15, 0.2) is 0 Å². The van der Waals surface area contributed by atoms with Gasteiger partial charge in [-0.25, -0.2) is 4.79 Å². The van der Waals surface area contributed by atoms with Crippen molar-refractivity contribution in [2.75, 3.05) is 13.1 Å². The number of carbonyl (C=O) groups excluding carboxylic acids is 1. The van der Waals surface area contributed by atoms with Gasteiger partial charge in [0.1, 0.15) is 7.85 Å². The molecule has 4 nitrogen and oxygen atoms in total. The Kier molecular flexibility index (Phi) is 5.86. The van der Waals surface area contributed by atoms with Crippen LogP contribution in [0.2, 0.25) is 0 Å². The number of piperazine rings is 1. The second-order valence-corrected chi connectivity index (χ2v) is 7.08. The zero-order valence-electron chi connectivity index (χ0n) is 14.3. The highest BCUT2D eigenvalue weighted by molar-refractivity contribution is 6.41. The Balaban J connectivity index is 3.17. The Hall–Kier alpha value is -0.930. The van der Waals surface area contributed by atoms with Gasteiger partial charge >= 0.3 is 18.4 Å². The second-order valence-electron chi connectivity index (χ2n) is 7.08. The summed E-state index contributed by atoms with van der Waals surface area (Å²) >= 11 is 0. The fourth-order valence-corrected chi connectivity index (χ4v) is 2.34. The molecule has 0 aromatic heterocycles. The van der Waals surface area contributed by atoms with Crippen LogP contribution in [0.5, 0.6) is 0 Å². The molecule has 26 heavy (non-hydrogen) atoms. The summed E-state index contributed by atoms with van der Waals surface area (Å²) in [5.74, 6) is -1.43. The summed E-state index contributed by atoms with van der Waals surface area (Å²) in [7, 11) is 21.5. The van der Waals surface area contributed by atoms with Gasteiger partial charge in [0.15, 0.2) is 7.85 Å². The average molecular weight is 375 g/mol. The van der Waals surface area contributed by atoms with Crippen molar-refractivity contribution in [3.8, 4) is 0 Å². The van der Waals surface area contributed by atoms with Crippen molar-refractivity contribution in [1.82, 2.24) is 9.80 Å². The number of halogens is 6. The van der Waals surface area contributed by atoms with Crippen LogP contribution in [-0.2, 0) is 4.74 Å². The van der Waals surface area contributed by atoms with E-state index in [4.69, 9.17) is 23.5 Å². The number of carbonyl (C=O) groups is 1. The van der Waals surface area contributed by atoms with Gasteiger partial charge in [0, 0.05) is 24.6 Å². The standard InChI is InChI=1S/C12H14B4F6N2O2/c1-8(2,3)23-4-6(13)24(9(14,15)5-23)7(25)26-10(16,11(17,18)19)12(20,21)22/h6H,4-5H2,1-3H3. The van der Waals surface area contributed by atoms with E-state index in [1.807, 2.05) is 0 Å². The first-order chi connectivity index (χ1) is 11.2. The topological polar surface area (TPSA) is 32.8 Å². The molecule has 1 atom stereocenters. The second kappa shape index (κ2) is 6.60. The average Bonchev–Trinajstić information content (AvgIpc) is 2.32. The molecule has 1 unspecified atom stereocenters. The summed E-state index contributed by atoms with van der Waals surface area (Å²) in [6.45, 7) is 4.85. The molecule has 1 amide bonds. The lowest BCUT2D eigenvalue weighted by Crippen LogP contribution is -2.73. The van der Waals surface area contributed by atoms with E-state index in [1.165, 1.54) is 0 Å². The van der Waals surface area contributed by atoms with E-state index >= 15 is 0 Å². The van der Waals surface area contributed by atoms with E-state index in [2.05, 4.69) is 12.6 Å². The van der Waals surface area contributed by atoms with Gasteiger partial charge < -0.3 is 9.64 Å². The van der Waals surface area contributed by atoms with Gasteiger partial charge in [-0.3, -0.25) is 4.90 Å². The van der Waals surface area contributed by atoms with Crippen LogP contribution in [0.3, 0.4) is 0 Å². The van der Waals surface area contributed by atoms with Crippen LogP contribution in [0, 0.1) is 0 Å². The van der Waals surface area contributed by atoms with Gasteiger partial charge in [0.05, 0.1) is 15.7 Å². The number of rotatable bonds is 1. The first-order valence-electron chi connectivity index (χ1n) is 7.27. The lowest BCUT2D eigenvalue weighted by Gasteiger charge is -2.55. The van der Waals surface area contributed by atoms with Crippen molar-refractivity contribution in [1.29, 1.82) is 0 Å². The molecule has 0 N–H and O–H groups in total. The van der Waals surface area contributed by atoms with Crippen molar-refractivity contribution in [3.63, 3.8) is 0 Å². The van der Waals surface area contributed by atoms with Gasteiger partial charge in [-0.2, -0.15) is 26.3 Å². The van der Waals surface area contributed by atoms with E-state index in [1.54, 1.807) is 25.7 Å². The Morgan fingerprint density at radius 2 is 1.50 bits per heavy atom. The molecule has 8 radical (unpaired) electrons. The van der Waals surface area contributed by atoms with Crippen LogP contribution in [-0.4, -0.2) is 95.0 Å². The molecule has 0 saturated carbocycles. The summed E-state index contributed by atoms with van der Waals surface area (Å²) in [5, 5.41) is -2.19. The monoisotopic (exact) mass is 376 g/mol. The molecular weight excluding hydrogens is 361 g/mol. The summed E-state index contributed by atoms with van der Waals surface area (Å²) in [4.78, 5) is 13.9. The molecule has 138 valence electrons. The first-order valence-corrected chi connectivity index (χ1v) is 7.27. The molecular formula is C12H14B4F6N2O2. The number of alkyl halides is 6. The number of ether oxygens (including phenoxy) is 1. The lowest BCUT2D eigenvalue weighted by molar-refractivity contribution is -0.331. The van der Waals surface area contributed by atoms with E-state index in [9.17, 15) is 31.1 Å². The van der Waals surface area contributed by atoms with Gasteiger partial charge in [0.2, 0.25) is 0 Å². The Labute approximate surface area is 152 Å². The van der Waals surface area contributed by atoms with E-state index in [0.717, 1.165) is 0 Å². The highest BCUT2D eigenvalue weighted by Gasteiger charge is 2.70. The predicted molar refractivity (Wildman–Crippen MR) is 84.0 cm³/mol. The Bertz CT molecular complexity index is 535. The van der Waals surface area contributed by atoms with Crippen molar-refractivity contribution < 1.29 is 35.9 Å². The largest absolute Gasteiger partial charge is 0.434 e. The zero-order chi connectivity index (χ0) is 20.9. The van der Waals surface area contributed by atoms with Crippen LogP contribution >= 0.6 is 0 Å². The fourth-order valence-electron chi connectivity index (χ4n) is 2.34. The van der Waals surface area contributed by atoms with Crippen molar-refractivity contribution in [3.05, 3.63) is 0 Å². The van der Waals surface area contributed by atoms with Crippen molar-refractivity contribution in [2.24, 2.45) is 0 Å². The molecule has 0 bridgehead atoms. The van der Waals surface area contributed by atoms with Crippen molar-refractivity contribution in [2.45, 2.75) is 55.4 Å². The lowest BCUT2D eigenvalue weighted by atomic mass is 9.57. The predicted octanol–water partition coefficient (Wildman–Crippen LogP) is 1.01.